The predicted molar refractivity (Wildman–Crippen MR) is 86.0 cm³/mol. The Bertz CT molecular complexity index is 443. The zero-order valence-electron chi connectivity index (χ0n) is 14.7. The maximum absolute atomic E-state index is 12.2. The van der Waals surface area contributed by atoms with Crippen molar-refractivity contribution >= 4 is 12.1 Å². The van der Waals surface area contributed by atoms with Crippen LogP contribution in [0.25, 0.3) is 0 Å². The topological polar surface area (TPSA) is 66.0 Å². The molecular formula is C15H27F3N4O2. The van der Waals surface area contributed by atoms with E-state index in [1.54, 1.807) is 25.7 Å². The quantitative estimate of drug-likeness (QED) is 0.569. The summed E-state index contributed by atoms with van der Waals surface area (Å²) in [5.74, 6) is 0.277. The molecular weight excluding hydrogens is 325 g/mol. The molecule has 6 nitrogen and oxygen atoms in total. The molecule has 1 aliphatic carbocycles. The molecule has 0 radical (unpaired) electrons. The van der Waals surface area contributed by atoms with Crippen molar-refractivity contribution in [1.82, 2.24) is 15.5 Å². The number of ether oxygens (including phenoxy) is 1. The number of hydrogen-bond donors (Lipinski definition) is 2. The number of hydrogen-bond acceptors (Lipinski definition) is 3. The van der Waals surface area contributed by atoms with Crippen LogP contribution >= 0.6 is 0 Å². The van der Waals surface area contributed by atoms with Crippen LogP contribution in [0.1, 0.15) is 40.0 Å². The minimum atomic E-state index is -4.20. The van der Waals surface area contributed by atoms with Crippen LogP contribution in [0.4, 0.5) is 18.0 Å². The standard InChI is InChI=1S/C15H27F3N4O2/c1-14(2,3)24-13(23)22(11-5-6-11)10-9-21-12(19-4)20-8-7-15(16,17)18/h11H,5-10H2,1-4H3,(H2,19,20,21). The highest BCUT2D eigenvalue weighted by atomic mass is 19.4. The second-order valence-electron chi connectivity index (χ2n) is 6.70. The lowest BCUT2D eigenvalue weighted by Crippen LogP contribution is -2.45. The number of amides is 1. The number of nitrogens with zero attached hydrogens (tertiary/aromatic N) is 2. The molecule has 2 N–H and O–H groups in total. The molecule has 1 amide bonds. The maximum Gasteiger partial charge on any atom is 0.410 e. The summed E-state index contributed by atoms with van der Waals surface area (Å²) in [7, 11) is 1.48. The molecule has 1 fully saturated rings. The van der Waals surface area contributed by atoms with E-state index in [0.717, 1.165) is 12.8 Å². The van der Waals surface area contributed by atoms with Crippen LogP contribution in [0, 0.1) is 0 Å². The van der Waals surface area contributed by atoms with Gasteiger partial charge in [-0.15, -0.1) is 0 Å². The lowest BCUT2D eigenvalue weighted by Gasteiger charge is -2.27. The number of aliphatic imine (C=N–C) groups is 1. The SMILES string of the molecule is CN=C(NCCN(C(=O)OC(C)(C)C)C1CC1)NCCC(F)(F)F. The van der Waals surface area contributed by atoms with Gasteiger partial charge in [-0.05, 0) is 33.6 Å². The van der Waals surface area contributed by atoms with Crippen LogP contribution in [0.15, 0.2) is 4.99 Å². The minimum absolute atomic E-state index is 0.182. The molecule has 1 saturated carbocycles. The lowest BCUT2D eigenvalue weighted by atomic mass is 10.2. The first-order valence-corrected chi connectivity index (χ1v) is 8.03. The molecule has 0 unspecified atom stereocenters. The van der Waals surface area contributed by atoms with Gasteiger partial charge in [0.05, 0.1) is 6.42 Å². The van der Waals surface area contributed by atoms with Gasteiger partial charge in [-0.3, -0.25) is 4.99 Å². The van der Waals surface area contributed by atoms with Crippen LogP contribution in [-0.4, -0.2) is 61.5 Å². The number of nitrogens with one attached hydrogen (secondary N) is 2. The van der Waals surface area contributed by atoms with Crippen molar-refractivity contribution in [2.75, 3.05) is 26.7 Å². The monoisotopic (exact) mass is 352 g/mol. The van der Waals surface area contributed by atoms with E-state index in [1.807, 2.05) is 0 Å². The third kappa shape index (κ3) is 8.83. The van der Waals surface area contributed by atoms with E-state index in [9.17, 15) is 18.0 Å². The largest absolute Gasteiger partial charge is 0.444 e. The molecule has 24 heavy (non-hydrogen) atoms. The van der Waals surface area contributed by atoms with Gasteiger partial charge in [0.2, 0.25) is 0 Å². The van der Waals surface area contributed by atoms with Crippen molar-refractivity contribution in [1.29, 1.82) is 0 Å². The van der Waals surface area contributed by atoms with Gasteiger partial charge in [0.25, 0.3) is 0 Å². The Balaban J connectivity index is 2.37. The summed E-state index contributed by atoms with van der Waals surface area (Å²) in [6.07, 6.45) is -3.62. The van der Waals surface area contributed by atoms with Gasteiger partial charge in [0.1, 0.15) is 5.60 Å². The van der Waals surface area contributed by atoms with E-state index in [0.29, 0.717) is 13.1 Å². The average Bonchev–Trinajstić information content (AvgIpc) is 3.22. The fourth-order valence-corrected chi connectivity index (χ4v) is 1.97. The second kappa shape index (κ2) is 8.43. The number of carbonyl (C=O) groups is 1. The first kappa shape index (κ1) is 20.4. The van der Waals surface area contributed by atoms with Crippen molar-refractivity contribution in [3.63, 3.8) is 0 Å². The molecule has 0 heterocycles. The van der Waals surface area contributed by atoms with Gasteiger partial charge in [0, 0.05) is 32.7 Å². The van der Waals surface area contributed by atoms with E-state index in [1.165, 1.54) is 7.05 Å². The van der Waals surface area contributed by atoms with Crippen molar-refractivity contribution in [3.8, 4) is 0 Å². The van der Waals surface area contributed by atoms with Crippen LogP contribution in [0.5, 0.6) is 0 Å². The Morgan fingerprint density at radius 3 is 2.25 bits per heavy atom. The zero-order valence-corrected chi connectivity index (χ0v) is 14.7. The molecule has 0 saturated heterocycles. The Hall–Kier alpha value is -1.67. The highest BCUT2D eigenvalue weighted by molar-refractivity contribution is 5.79. The van der Waals surface area contributed by atoms with Gasteiger partial charge in [-0.2, -0.15) is 13.2 Å². The Morgan fingerprint density at radius 2 is 1.79 bits per heavy atom. The molecule has 140 valence electrons. The zero-order chi connectivity index (χ0) is 18.4. The van der Waals surface area contributed by atoms with Crippen molar-refractivity contribution in [3.05, 3.63) is 0 Å². The summed E-state index contributed by atoms with van der Waals surface area (Å²) >= 11 is 0. The van der Waals surface area contributed by atoms with E-state index in [2.05, 4.69) is 15.6 Å². The van der Waals surface area contributed by atoms with E-state index >= 15 is 0 Å². The Labute approximate surface area is 140 Å². The average molecular weight is 352 g/mol. The van der Waals surface area contributed by atoms with Crippen LogP contribution in [0.2, 0.25) is 0 Å². The molecule has 0 aromatic heterocycles. The lowest BCUT2D eigenvalue weighted by molar-refractivity contribution is -0.132. The third-order valence-electron chi connectivity index (χ3n) is 3.19. The van der Waals surface area contributed by atoms with Gasteiger partial charge in [0.15, 0.2) is 5.96 Å². The summed E-state index contributed by atoms with van der Waals surface area (Å²) < 4.78 is 41.8. The van der Waals surface area contributed by atoms with Gasteiger partial charge in [-0.25, -0.2) is 4.79 Å². The third-order valence-corrected chi connectivity index (χ3v) is 3.19. The molecule has 0 aromatic rings. The molecule has 1 rings (SSSR count). The summed E-state index contributed by atoms with van der Waals surface area (Å²) in [5.41, 5.74) is -0.563. The Morgan fingerprint density at radius 1 is 1.21 bits per heavy atom. The van der Waals surface area contributed by atoms with E-state index in [-0.39, 0.29) is 24.6 Å². The minimum Gasteiger partial charge on any atom is -0.444 e. The summed E-state index contributed by atoms with van der Waals surface area (Å²) in [5, 5.41) is 5.50. The van der Waals surface area contributed by atoms with E-state index < -0.39 is 18.2 Å². The molecule has 0 aromatic carbocycles. The van der Waals surface area contributed by atoms with Crippen molar-refractivity contribution < 1.29 is 22.7 Å². The summed E-state index contributed by atoms with van der Waals surface area (Å²) in [6.45, 7) is 5.95. The van der Waals surface area contributed by atoms with Gasteiger partial charge in [-0.1, -0.05) is 0 Å². The number of halogens is 3. The van der Waals surface area contributed by atoms with E-state index in [4.69, 9.17) is 4.74 Å². The Kier molecular flexibility index (Phi) is 7.16. The first-order chi connectivity index (χ1) is 11.0. The fraction of sp³-hybridized carbons (Fsp3) is 0.867. The van der Waals surface area contributed by atoms with Crippen LogP contribution < -0.4 is 10.6 Å². The van der Waals surface area contributed by atoms with Crippen molar-refractivity contribution in [2.24, 2.45) is 4.99 Å². The molecule has 0 atom stereocenters. The highest BCUT2D eigenvalue weighted by Crippen LogP contribution is 2.28. The van der Waals surface area contributed by atoms with Crippen molar-refractivity contribution in [2.45, 2.75) is 57.9 Å². The summed E-state index contributed by atoms with van der Waals surface area (Å²) in [6, 6.07) is 0.182. The normalized spacial score (nSPS) is 15.9. The number of alkyl halides is 3. The maximum atomic E-state index is 12.2. The molecule has 1 aliphatic rings. The molecule has 0 aliphatic heterocycles. The summed E-state index contributed by atoms with van der Waals surface area (Å²) in [4.78, 5) is 17.7. The van der Waals surface area contributed by atoms with Crippen LogP contribution in [0.3, 0.4) is 0 Å². The first-order valence-electron chi connectivity index (χ1n) is 8.03. The fourth-order valence-electron chi connectivity index (χ4n) is 1.97. The number of carbonyl (C=O) groups excluding carboxylic acids is 1. The number of guanidine groups is 1. The second-order valence-corrected chi connectivity index (χ2v) is 6.70. The number of rotatable bonds is 6. The molecule has 0 bridgehead atoms. The predicted octanol–water partition coefficient (Wildman–Crippen LogP) is 2.50. The smallest absolute Gasteiger partial charge is 0.410 e. The molecule has 0 spiro atoms. The van der Waals surface area contributed by atoms with Crippen LogP contribution in [-0.2, 0) is 4.74 Å². The highest BCUT2D eigenvalue weighted by Gasteiger charge is 2.34. The molecule has 9 heteroatoms. The van der Waals surface area contributed by atoms with Gasteiger partial charge >= 0.3 is 12.3 Å². The van der Waals surface area contributed by atoms with Gasteiger partial charge < -0.3 is 20.3 Å².